The van der Waals surface area contributed by atoms with Crippen LogP contribution in [-0.4, -0.2) is 9.55 Å². The van der Waals surface area contributed by atoms with Crippen molar-refractivity contribution in [1.82, 2.24) is 9.55 Å². The molecule has 0 N–H and O–H groups in total. The molecule has 0 saturated heterocycles. The van der Waals surface area contributed by atoms with E-state index in [1.807, 2.05) is 19.4 Å². The molecule has 0 aliphatic heterocycles. The molecule has 0 radical (unpaired) electrons. The average molecular weight is 186 g/mol. The standard InChI is InChI=1S/C12H14N2/c1-9-4-10(2)6-12(5-9)14-7-11(3)13-8-14/h4-8H,1-3H3. The van der Waals surface area contributed by atoms with Crippen molar-refractivity contribution in [1.29, 1.82) is 0 Å². The van der Waals surface area contributed by atoms with Crippen molar-refractivity contribution in [2.45, 2.75) is 20.8 Å². The molecular formula is C12H14N2. The van der Waals surface area contributed by atoms with Gasteiger partial charge in [-0.3, -0.25) is 0 Å². The van der Waals surface area contributed by atoms with E-state index in [0.717, 1.165) is 5.69 Å². The summed E-state index contributed by atoms with van der Waals surface area (Å²) in [6.07, 6.45) is 3.89. The SMILES string of the molecule is Cc1cc(C)cc(-n2cnc(C)c2)c1. The van der Waals surface area contributed by atoms with Gasteiger partial charge in [-0.1, -0.05) is 6.07 Å². The molecule has 0 aliphatic rings. The minimum absolute atomic E-state index is 1.05. The fourth-order valence-corrected chi connectivity index (χ4v) is 1.66. The Hall–Kier alpha value is -1.57. The number of hydrogen-bond donors (Lipinski definition) is 0. The fraction of sp³-hybridized carbons (Fsp3) is 0.250. The molecule has 0 spiro atoms. The van der Waals surface area contributed by atoms with Gasteiger partial charge in [-0.25, -0.2) is 4.98 Å². The lowest BCUT2D eigenvalue weighted by atomic mass is 10.1. The van der Waals surface area contributed by atoms with Crippen LogP contribution < -0.4 is 0 Å². The predicted molar refractivity (Wildman–Crippen MR) is 57.8 cm³/mol. The molecule has 2 nitrogen and oxygen atoms in total. The molecule has 2 heteroatoms. The average Bonchev–Trinajstić information content (AvgIpc) is 2.50. The minimum atomic E-state index is 1.05. The Bertz CT molecular complexity index is 435. The first kappa shape index (κ1) is 9.00. The molecule has 2 aromatic rings. The minimum Gasteiger partial charge on any atom is -0.306 e. The largest absolute Gasteiger partial charge is 0.306 e. The molecule has 0 unspecified atom stereocenters. The summed E-state index contributed by atoms with van der Waals surface area (Å²) in [5.74, 6) is 0. The molecule has 0 fully saturated rings. The summed E-state index contributed by atoms with van der Waals surface area (Å²) in [5.41, 5.74) is 4.80. The molecule has 72 valence electrons. The number of rotatable bonds is 1. The van der Waals surface area contributed by atoms with Gasteiger partial charge in [0.25, 0.3) is 0 Å². The Labute approximate surface area is 84.2 Å². The highest BCUT2D eigenvalue weighted by atomic mass is 15.0. The Morgan fingerprint density at radius 3 is 2.14 bits per heavy atom. The van der Waals surface area contributed by atoms with Gasteiger partial charge in [0.05, 0.1) is 12.0 Å². The van der Waals surface area contributed by atoms with Gasteiger partial charge in [0.2, 0.25) is 0 Å². The molecule has 0 aliphatic carbocycles. The van der Waals surface area contributed by atoms with Crippen LogP contribution in [0.4, 0.5) is 0 Å². The summed E-state index contributed by atoms with van der Waals surface area (Å²) in [6, 6.07) is 6.50. The van der Waals surface area contributed by atoms with Gasteiger partial charge in [-0.05, 0) is 44.0 Å². The van der Waals surface area contributed by atoms with Crippen LogP contribution in [-0.2, 0) is 0 Å². The van der Waals surface area contributed by atoms with Gasteiger partial charge in [0, 0.05) is 11.9 Å². The van der Waals surface area contributed by atoms with Crippen LogP contribution in [0.2, 0.25) is 0 Å². The zero-order valence-corrected chi connectivity index (χ0v) is 8.78. The molecule has 1 heterocycles. The van der Waals surface area contributed by atoms with E-state index in [4.69, 9.17) is 0 Å². The monoisotopic (exact) mass is 186 g/mol. The zero-order valence-electron chi connectivity index (χ0n) is 8.78. The lowest BCUT2D eigenvalue weighted by Crippen LogP contribution is -1.91. The third-order valence-corrected chi connectivity index (χ3v) is 2.22. The molecule has 1 aromatic heterocycles. The summed E-state index contributed by atoms with van der Waals surface area (Å²) < 4.78 is 2.05. The van der Waals surface area contributed by atoms with Crippen LogP contribution in [0.1, 0.15) is 16.8 Å². The second-order valence-corrected chi connectivity index (χ2v) is 3.77. The van der Waals surface area contributed by atoms with Crippen LogP contribution in [0.25, 0.3) is 5.69 Å². The maximum absolute atomic E-state index is 4.22. The van der Waals surface area contributed by atoms with E-state index < -0.39 is 0 Å². The van der Waals surface area contributed by atoms with Gasteiger partial charge in [0.15, 0.2) is 0 Å². The van der Waals surface area contributed by atoms with Gasteiger partial charge in [-0.15, -0.1) is 0 Å². The molecule has 0 bridgehead atoms. The molecule has 0 atom stereocenters. The molecular weight excluding hydrogens is 172 g/mol. The summed E-state index contributed by atoms with van der Waals surface area (Å²) in [4.78, 5) is 4.22. The van der Waals surface area contributed by atoms with Crippen LogP contribution in [0, 0.1) is 20.8 Å². The topological polar surface area (TPSA) is 17.8 Å². The lowest BCUT2D eigenvalue weighted by molar-refractivity contribution is 1.05. The Morgan fingerprint density at radius 2 is 1.64 bits per heavy atom. The van der Waals surface area contributed by atoms with Crippen molar-refractivity contribution in [2.75, 3.05) is 0 Å². The predicted octanol–water partition coefficient (Wildman–Crippen LogP) is 2.80. The van der Waals surface area contributed by atoms with Crippen LogP contribution in [0.15, 0.2) is 30.7 Å². The maximum atomic E-state index is 4.22. The highest BCUT2D eigenvalue weighted by molar-refractivity contribution is 5.39. The van der Waals surface area contributed by atoms with Crippen LogP contribution in [0.3, 0.4) is 0 Å². The van der Waals surface area contributed by atoms with Crippen molar-refractivity contribution < 1.29 is 0 Å². The second kappa shape index (κ2) is 3.29. The second-order valence-electron chi connectivity index (χ2n) is 3.77. The number of aryl methyl sites for hydroxylation is 3. The van der Waals surface area contributed by atoms with Gasteiger partial charge in [-0.2, -0.15) is 0 Å². The van der Waals surface area contributed by atoms with Gasteiger partial charge in [0.1, 0.15) is 0 Å². The number of imidazole rings is 1. The first-order chi connectivity index (χ1) is 6.65. The number of hydrogen-bond acceptors (Lipinski definition) is 1. The van der Waals surface area contributed by atoms with Gasteiger partial charge < -0.3 is 4.57 Å². The summed E-state index contributed by atoms with van der Waals surface area (Å²) in [7, 11) is 0. The highest BCUT2D eigenvalue weighted by Crippen LogP contribution is 2.13. The third-order valence-electron chi connectivity index (χ3n) is 2.22. The van der Waals surface area contributed by atoms with Crippen molar-refractivity contribution in [3.05, 3.63) is 47.5 Å². The van der Waals surface area contributed by atoms with E-state index in [-0.39, 0.29) is 0 Å². The first-order valence-electron chi connectivity index (χ1n) is 4.74. The lowest BCUT2D eigenvalue weighted by Gasteiger charge is -2.04. The van der Waals surface area contributed by atoms with Crippen molar-refractivity contribution in [3.63, 3.8) is 0 Å². The fourth-order valence-electron chi connectivity index (χ4n) is 1.66. The van der Waals surface area contributed by atoms with Crippen molar-refractivity contribution in [2.24, 2.45) is 0 Å². The van der Waals surface area contributed by atoms with E-state index in [1.54, 1.807) is 0 Å². The first-order valence-corrected chi connectivity index (χ1v) is 4.74. The highest BCUT2D eigenvalue weighted by Gasteiger charge is 1.98. The van der Waals surface area contributed by atoms with E-state index in [0.29, 0.717) is 0 Å². The maximum Gasteiger partial charge on any atom is 0.0995 e. The molecule has 0 amide bonds. The Kier molecular flexibility index (Phi) is 2.12. The molecule has 14 heavy (non-hydrogen) atoms. The summed E-state index contributed by atoms with van der Waals surface area (Å²) >= 11 is 0. The van der Waals surface area contributed by atoms with Crippen molar-refractivity contribution in [3.8, 4) is 5.69 Å². The van der Waals surface area contributed by atoms with E-state index in [9.17, 15) is 0 Å². The third kappa shape index (κ3) is 1.69. The Balaban J connectivity index is 2.51. The number of benzene rings is 1. The van der Waals surface area contributed by atoms with Crippen molar-refractivity contribution >= 4 is 0 Å². The summed E-state index contributed by atoms with van der Waals surface area (Å²) in [6.45, 7) is 6.22. The smallest absolute Gasteiger partial charge is 0.0995 e. The molecule has 0 saturated carbocycles. The van der Waals surface area contributed by atoms with E-state index >= 15 is 0 Å². The zero-order chi connectivity index (χ0) is 10.1. The Morgan fingerprint density at radius 1 is 1.00 bits per heavy atom. The van der Waals surface area contributed by atoms with Gasteiger partial charge >= 0.3 is 0 Å². The van der Waals surface area contributed by atoms with Crippen LogP contribution in [0.5, 0.6) is 0 Å². The molecule has 1 aromatic carbocycles. The quantitative estimate of drug-likeness (QED) is 0.669. The molecule has 2 rings (SSSR count). The van der Waals surface area contributed by atoms with E-state index in [1.165, 1.54) is 16.8 Å². The number of aromatic nitrogens is 2. The number of nitrogens with zero attached hydrogens (tertiary/aromatic N) is 2. The normalized spacial score (nSPS) is 10.5. The van der Waals surface area contributed by atoms with Crippen LogP contribution >= 0.6 is 0 Å². The summed E-state index contributed by atoms with van der Waals surface area (Å²) in [5, 5.41) is 0. The van der Waals surface area contributed by atoms with E-state index in [2.05, 4.69) is 41.6 Å².